The first-order valence-electron chi connectivity index (χ1n) is 6.06. The van der Waals surface area contributed by atoms with Gasteiger partial charge < -0.3 is 4.43 Å². The summed E-state index contributed by atoms with van der Waals surface area (Å²) in [5.74, 6) is 0.0484. The van der Waals surface area contributed by atoms with Gasteiger partial charge in [-0.1, -0.05) is 48.8 Å². The first kappa shape index (κ1) is 15.6. The average molecular weight is 329 g/mol. The number of benzene rings is 1. The minimum Gasteiger partial charge on any atom is -0.409 e. The molecule has 2 nitrogen and oxygen atoms in total. The number of rotatable bonds is 4. The lowest BCUT2D eigenvalue weighted by Gasteiger charge is -2.35. The van der Waals surface area contributed by atoms with Crippen LogP contribution < -0.4 is 0 Å². The van der Waals surface area contributed by atoms with Gasteiger partial charge in [-0.15, -0.1) is 0 Å². The zero-order valence-corrected chi connectivity index (χ0v) is 14.3. The van der Waals surface area contributed by atoms with Crippen molar-refractivity contribution in [1.29, 1.82) is 0 Å². The first-order valence-corrected chi connectivity index (χ1v) is 9.76. The molecule has 18 heavy (non-hydrogen) atoms. The van der Waals surface area contributed by atoms with Crippen LogP contribution in [0.4, 0.5) is 0 Å². The third-order valence-electron chi connectivity index (χ3n) is 3.54. The van der Waals surface area contributed by atoms with Crippen LogP contribution in [-0.2, 0) is 4.43 Å². The van der Waals surface area contributed by atoms with Gasteiger partial charge >= 0.3 is 0 Å². The number of carbonyl (C=O) groups is 1. The van der Waals surface area contributed by atoms with Crippen molar-refractivity contribution in [2.24, 2.45) is 0 Å². The van der Waals surface area contributed by atoms with Gasteiger partial charge in [0, 0.05) is 10.0 Å². The standard InChI is InChI=1S/C14H21BrO2Si/c1-14(2,3)18(4,5)17-10-13(16)11-6-8-12(15)9-7-11/h6-9H,10H2,1-5H3. The quantitative estimate of drug-likeness (QED) is 0.593. The van der Waals surface area contributed by atoms with Crippen molar-refractivity contribution in [1.82, 2.24) is 0 Å². The van der Waals surface area contributed by atoms with Crippen molar-refractivity contribution in [3.63, 3.8) is 0 Å². The maximum atomic E-state index is 12.0. The maximum Gasteiger partial charge on any atom is 0.192 e. The molecule has 1 rings (SSSR count). The molecule has 0 aliphatic carbocycles. The van der Waals surface area contributed by atoms with E-state index in [1.165, 1.54) is 0 Å². The lowest BCUT2D eigenvalue weighted by Crippen LogP contribution is -2.42. The van der Waals surface area contributed by atoms with Crippen LogP contribution >= 0.6 is 15.9 Å². The zero-order valence-electron chi connectivity index (χ0n) is 11.7. The summed E-state index contributed by atoms with van der Waals surface area (Å²) >= 11 is 3.36. The Morgan fingerprint density at radius 2 is 1.72 bits per heavy atom. The van der Waals surface area contributed by atoms with Crippen molar-refractivity contribution in [2.45, 2.75) is 38.9 Å². The molecule has 0 amide bonds. The Bertz CT molecular complexity index is 418. The fraction of sp³-hybridized carbons (Fsp3) is 0.500. The Hall–Kier alpha value is -0.453. The van der Waals surface area contributed by atoms with Crippen LogP contribution in [-0.4, -0.2) is 20.7 Å². The fourth-order valence-corrected chi connectivity index (χ4v) is 2.37. The zero-order chi connectivity index (χ0) is 14.0. The summed E-state index contributed by atoms with van der Waals surface area (Å²) in [5, 5.41) is 0.132. The molecule has 100 valence electrons. The van der Waals surface area contributed by atoms with Crippen molar-refractivity contribution in [3.8, 4) is 0 Å². The third-order valence-corrected chi connectivity index (χ3v) is 8.54. The van der Waals surface area contributed by atoms with Crippen molar-refractivity contribution >= 4 is 30.0 Å². The molecule has 0 unspecified atom stereocenters. The van der Waals surface area contributed by atoms with E-state index in [1.54, 1.807) is 0 Å². The van der Waals surface area contributed by atoms with Crippen LogP contribution in [0.1, 0.15) is 31.1 Å². The molecule has 1 aromatic carbocycles. The summed E-state index contributed by atoms with van der Waals surface area (Å²) in [6.45, 7) is 11.0. The first-order chi connectivity index (χ1) is 8.13. The summed E-state index contributed by atoms with van der Waals surface area (Å²) < 4.78 is 6.89. The predicted molar refractivity (Wildman–Crippen MR) is 81.6 cm³/mol. The Labute approximate surface area is 119 Å². The van der Waals surface area contributed by atoms with E-state index in [0.29, 0.717) is 5.56 Å². The Morgan fingerprint density at radius 3 is 2.17 bits per heavy atom. The normalized spacial score (nSPS) is 12.6. The molecule has 0 aliphatic rings. The highest BCUT2D eigenvalue weighted by Crippen LogP contribution is 2.36. The van der Waals surface area contributed by atoms with Gasteiger partial charge in [-0.05, 0) is 30.3 Å². The number of hydrogen-bond donors (Lipinski definition) is 0. The van der Waals surface area contributed by atoms with E-state index < -0.39 is 8.32 Å². The maximum absolute atomic E-state index is 12.0. The molecule has 0 fully saturated rings. The smallest absolute Gasteiger partial charge is 0.192 e. The van der Waals surface area contributed by atoms with E-state index >= 15 is 0 Å². The van der Waals surface area contributed by atoms with Crippen LogP contribution in [0.25, 0.3) is 0 Å². The number of ketones is 1. The molecule has 0 bridgehead atoms. The predicted octanol–water partition coefficient (Wildman–Crippen LogP) is 4.65. The van der Waals surface area contributed by atoms with Crippen LogP contribution in [0.15, 0.2) is 28.7 Å². The number of halogens is 1. The molecule has 0 heterocycles. The number of Topliss-reactive ketones (excluding diaryl/α,β-unsaturated/α-hetero) is 1. The summed E-state index contributed by atoms with van der Waals surface area (Å²) in [5.41, 5.74) is 0.705. The Morgan fingerprint density at radius 1 is 1.22 bits per heavy atom. The minimum atomic E-state index is -1.84. The van der Waals surface area contributed by atoms with E-state index in [9.17, 15) is 4.79 Å². The second-order valence-electron chi connectivity index (χ2n) is 5.98. The van der Waals surface area contributed by atoms with Gasteiger partial charge in [0.25, 0.3) is 0 Å². The van der Waals surface area contributed by atoms with E-state index in [0.717, 1.165) is 4.47 Å². The fourth-order valence-electron chi connectivity index (χ4n) is 1.18. The largest absolute Gasteiger partial charge is 0.409 e. The van der Waals surface area contributed by atoms with Crippen LogP contribution in [0, 0.1) is 0 Å². The van der Waals surface area contributed by atoms with Crippen molar-refractivity contribution in [3.05, 3.63) is 34.3 Å². The van der Waals surface area contributed by atoms with Gasteiger partial charge in [-0.3, -0.25) is 4.79 Å². The van der Waals surface area contributed by atoms with Gasteiger partial charge in [0.05, 0.1) is 6.61 Å². The highest BCUT2D eigenvalue weighted by Gasteiger charge is 2.37. The minimum absolute atomic E-state index is 0.0484. The van der Waals surface area contributed by atoms with Crippen LogP contribution in [0.3, 0.4) is 0 Å². The second kappa shape index (κ2) is 5.68. The Kier molecular flexibility index (Phi) is 4.92. The number of carbonyl (C=O) groups excluding carboxylic acids is 1. The lowest BCUT2D eigenvalue weighted by molar-refractivity contribution is 0.0911. The van der Waals surface area contributed by atoms with Gasteiger partial charge in [-0.2, -0.15) is 0 Å². The highest BCUT2D eigenvalue weighted by molar-refractivity contribution is 9.10. The molecule has 0 saturated carbocycles. The molecule has 0 radical (unpaired) electrons. The molecule has 0 aliphatic heterocycles. The monoisotopic (exact) mass is 328 g/mol. The van der Waals surface area contributed by atoms with Gasteiger partial charge in [-0.25, -0.2) is 0 Å². The van der Waals surface area contributed by atoms with E-state index in [1.807, 2.05) is 24.3 Å². The van der Waals surface area contributed by atoms with Crippen molar-refractivity contribution in [2.75, 3.05) is 6.61 Å². The molecular weight excluding hydrogens is 308 g/mol. The van der Waals surface area contributed by atoms with E-state index in [-0.39, 0.29) is 17.4 Å². The molecule has 0 saturated heterocycles. The molecule has 0 aromatic heterocycles. The van der Waals surface area contributed by atoms with E-state index in [2.05, 4.69) is 49.8 Å². The average Bonchev–Trinajstić information content (AvgIpc) is 2.25. The van der Waals surface area contributed by atoms with Crippen molar-refractivity contribution < 1.29 is 9.22 Å². The molecule has 0 N–H and O–H groups in total. The van der Waals surface area contributed by atoms with Gasteiger partial charge in [0.15, 0.2) is 14.1 Å². The highest BCUT2D eigenvalue weighted by atomic mass is 79.9. The molecule has 0 atom stereocenters. The molecule has 1 aromatic rings. The Balaban J connectivity index is 2.65. The number of hydrogen-bond acceptors (Lipinski definition) is 2. The topological polar surface area (TPSA) is 26.3 Å². The van der Waals surface area contributed by atoms with Crippen LogP contribution in [0.5, 0.6) is 0 Å². The van der Waals surface area contributed by atoms with Gasteiger partial charge in [0.2, 0.25) is 0 Å². The molecule has 4 heteroatoms. The lowest BCUT2D eigenvalue weighted by atomic mass is 10.1. The molecule has 0 spiro atoms. The van der Waals surface area contributed by atoms with Crippen LogP contribution in [0.2, 0.25) is 18.1 Å². The van der Waals surface area contributed by atoms with E-state index in [4.69, 9.17) is 4.43 Å². The third kappa shape index (κ3) is 4.04. The summed E-state index contributed by atoms with van der Waals surface area (Å²) in [6, 6.07) is 7.39. The summed E-state index contributed by atoms with van der Waals surface area (Å²) in [7, 11) is -1.84. The summed E-state index contributed by atoms with van der Waals surface area (Å²) in [6.07, 6.45) is 0. The second-order valence-corrected chi connectivity index (χ2v) is 11.7. The summed E-state index contributed by atoms with van der Waals surface area (Å²) in [4.78, 5) is 12.0. The molecular formula is C14H21BrO2Si. The van der Waals surface area contributed by atoms with Gasteiger partial charge in [0.1, 0.15) is 0 Å². The SMILES string of the molecule is CC(C)(C)[Si](C)(C)OCC(=O)c1ccc(Br)cc1.